The summed E-state index contributed by atoms with van der Waals surface area (Å²) in [5.41, 5.74) is 8.91. The molecule has 2 nitrogen and oxygen atoms in total. The second-order valence-electron chi connectivity index (χ2n) is 3.63. The molecule has 2 N–H and O–H groups in total. The van der Waals surface area contributed by atoms with Gasteiger partial charge in [0.2, 0.25) is 0 Å². The number of carbonyl (C=O) groups excluding carboxylic acids is 1. The summed E-state index contributed by atoms with van der Waals surface area (Å²) in [5.74, 6) is 0.0733. The number of hydrogen-bond donors (Lipinski definition) is 1. The Bertz CT molecular complexity index is 380. The van der Waals surface area contributed by atoms with E-state index in [9.17, 15) is 4.79 Å². The Labute approximate surface area is 84.4 Å². The lowest BCUT2D eigenvalue weighted by atomic mass is 10.0. The molecule has 0 fully saturated rings. The number of aryl methyl sites for hydroxylation is 1. The van der Waals surface area contributed by atoms with E-state index in [0.29, 0.717) is 17.7 Å². The zero-order valence-corrected chi connectivity index (χ0v) is 8.63. The van der Waals surface area contributed by atoms with Crippen LogP contribution in [0.5, 0.6) is 0 Å². The Morgan fingerprint density at radius 2 is 2.14 bits per heavy atom. The molecular weight excluding hydrogens is 174 g/mol. The summed E-state index contributed by atoms with van der Waals surface area (Å²) in [6.07, 6.45) is 0.391. The number of hydrogen-bond acceptors (Lipinski definition) is 2. The van der Waals surface area contributed by atoms with Gasteiger partial charge in [0.05, 0.1) is 0 Å². The lowest BCUT2D eigenvalue weighted by Gasteiger charge is -2.04. The molecule has 0 heterocycles. The van der Waals surface area contributed by atoms with Crippen molar-refractivity contribution < 1.29 is 4.79 Å². The van der Waals surface area contributed by atoms with Gasteiger partial charge in [-0.3, -0.25) is 4.79 Å². The fourth-order valence-electron chi connectivity index (χ4n) is 1.19. The lowest BCUT2D eigenvalue weighted by Crippen LogP contribution is -2.01. The third-order valence-electron chi connectivity index (χ3n) is 2.06. The van der Waals surface area contributed by atoms with E-state index in [1.54, 1.807) is 12.1 Å². The van der Waals surface area contributed by atoms with Gasteiger partial charge in [0.1, 0.15) is 0 Å². The summed E-state index contributed by atoms with van der Waals surface area (Å²) >= 11 is 0. The van der Waals surface area contributed by atoms with Gasteiger partial charge in [-0.05, 0) is 25.5 Å². The minimum atomic E-state index is 0.0733. The van der Waals surface area contributed by atoms with Crippen molar-refractivity contribution in [1.82, 2.24) is 0 Å². The number of carbonyl (C=O) groups is 1. The van der Waals surface area contributed by atoms with Crippen molar-refractivity contribution in [2.75, 3.05) is 5.73 Å². The summed E-state index contributed by atoms with van der Waals surface area (Å²) in [4.78, 5) is 11.6. The molecule has 74 valence electrons. The number of anilines is 1. The van der Waals surface area contributed by atoms with E-state index in [-0.39, 0.29) is 5.78 Å². The van der Waals surface area contributed by atoms with Crippen LogP contribution < -0.4 is 5.73 Å². The van der Waals surface area contributed by atoms with Crippen molar-refractivity contribution in [1.29, 1.82) is 0 Å². The minimum absolute atomic E-state index is 0.0733. The number of allylic oxidation sites excluding steroid dienone is 1. The highest BCUT2D eigenvalue weighted by Crippen LogP contribution is 2.15. The second-order valence-corrected chi connectivity index (χ2v) is 3.63. The van der Waals surface area contributed by atoms with Crippen LogP contribution in [0.15, 0.2) is 30.4 Å². The third-order valence-corrected chi connectivity index (χ3v) is 2.06. The van der Waals surface area contributed by atoms with E-state index in [2.05, 4.69) is 6.58 Å². The Kier molecular flexibility index (Phi) is 3.07. The van der Waals surface area contributed by atoms with Crippen LogP contribution in [-0.2, 0) is 0 Å². The monoisotopic (exact) mass is 189 g/mol. The van der Waals surface area contributed by atoms with Crippen molar-refractivity contribution in [2.45, 2.75) is 20.3 Å². The first-order chi connectivity index (χ1) is 6.50. The molecule has 0 aromatic heterocycles. The maximum absolute atomic E-state index is 11.6. The molecule has 0 spiro atoms. The molecule has 0 aliphatic heterocycles. The van der Waals surface area contributed by atoms with E-state index in [4.69, 9.17) is 5.73 Å². The Hall–Kier alpha value is -1.57. The number of Topliss-reactive ketones (excluding diaryl/α,β-unsaturated/α-hetero) is 1. The van der Waals surface area contributed by atoms with Crippen LogP contribution in [0.4, 0.5) is 5.69 Å². The maximum Gasteiger partial charge on any atom is 0.166 e. The second kappa shape index (κ2) is 4.09. The van der Waals surface area contributed by atoms with E-state index >= 15 is 0 Å². The Morgan fingerprint density at radius 3 is 2.64 bits per heavy atom. The molecule has 0 saturated heterocycles. The molecule has 0 radical (unpaired) electrons. The van der Waals surface area contributed by atoms with E-state index < -0.39 is 0 Å². The van der Waals surface area contributed by atoms with E-state index in [1.165, 1.54) is 0 Å². The normalized spacial score (nSPS) is 9.86. The average Bonchev–Trinajstić information content (AvgIpc) is 2.08. The number of nitrogen functional groups attached to an aromatic ring is 1. The first-order valence-electron chi connectivity index (χ1n) is 4.54. The number of nitrogens with two attached hydrogens (primary N) is 1. The molecule has 0 bridgehead atoms. The highest BCUT2D eigenvalue weighted by Gasteiger charge is 2.06. The standard InChI is InChI=1S/C12H15NO/c1-8(2)6-12(14)10-5-4-9(3)11(13)7-10/h4-5,7H,1,6,13H2,2-3H3. The zero-order valence-electron chi connectivity index (χ0n) is 8.63. The number of rotatable bonds is 3. The van der Waals surface area contributed by atoms with Crippen LogP contribution in [0.25, 0.3) is 0 Å². The van der Waals surface area contributed by atoms with Crippen molar-refractivity contribution in [2.24, 2.45) is 0 Å². The van der Waals surface area contributed by atoms with Crippen molar-refractivity contribution in [3.63, 3.8) is 0 Å². The van der Waals surface area contributed by atoms with Crippen LogP contribution in [0.3, 0.4) is 0 Å². The summed E-state index contributed by atoms with van der Waals surface area (Å²) < 4.78 is 0. The van der Waals surface area contributed by atoms with E-state index in [0.717, 1.165) is 11.1 Å². The molecule has 0 atom stereocenters. The van der Waals surface area contributed by atoms with Gasteiger partial charge in [0, 0.05) is 17.7 Å². The van der Waals surface area contributed by atoms with Crippen molar-refractivity contribution in [3.05, 3.63) is 41.5 Å². The molecule has 1 aromatic carbocycles. The number of ketones is 1. The summed E-state index contributed by atoms with van der Waals surface area (Å²) in [7, 11) is 0. The molecule has 0 aliphatic rings. The van der Waals surface area contributed by atoms with Crippen LogP contribution in [0, 0.1) is 6.92 Å². The van der Waals surface area contributed by atoms with Crippen LogP contribution >= 0.6 is 0 Å². The molecule has 0 amide bonds. The first kappa shape index (κ1) is 10.5. The summed E-state index contributed by atoms with van der Waals surface area (Å²) in [6, 6.07) is 5.39. The molecule has 0 saturated carbocycles. The minimum Gasteiger partial charge on any atom is -0.398 e. The van der Waals surface area contributed by atoms with Crippen LogP contribution in [-0.4, -0.2) is 5.78 Å². The predicted molar refractivity (Wildman–Crippen MR) is 59.4 cm³/mol. The van der Waals surface area contributed by atoms with Crippen molar-refractivity contribution in [3.8, 4) is 0 Å². The SMILES string of the molecule is C=C(C)CC(=O)c1ccc(C)c(N)c1. The van der Waals surface area contributed by atoms with Gasteiger partial charge in [0.25, 0.3) is 0 Å². The smallest absolute Gasteiger partial charge is 0.166 e. The molecule has 1 rings (SSSR count). The lowest BCUT2D eigenvalue weighted by molar-refractivity contribution is 0.0993. The van der Waals surface area contributed by atoms with Crippen LogP contribution in [0.1, 0.15) is 29.3 Å². The average molecular weight is 189 g/mol. The van der Waals surface area contributed by atoms with Gasteiger partial charge in [-0.1, -0.05) is 24.3 Å². The largest absolute Gasteiger partial charge is 0.398 e. The van der Waals surface area contributed by atoms with E-state index in [1.807, 2.05) is 19.9 Å². The molecule has 0 unspecified atom stereocenters. The quantitative estimate of drug-likeness (QED) is 0.451. The maximum atomic E-state index is 11.6. The van der Waals surface area contributed by atoms with Gasteiger partial charge in [-0.15, -0.1) is 0 Å². The molecule has 14 heavy (non-hydrogen) atoms. The molecule has 2 heteroatoms. The highest BCUT2D eigenvalue weighted by molar-refractivity contribution is 5.98. The predicted octanol–water partition coefficient (Wildman–Crippen LogP) is 2.73. The molecule has 0 aliphatic carbocycles. The van der Waals surface area contributed by atoms with Gasteiger partial charge in [-0.2, -0.15) is 0 Å². The Morgan fingerprint density at radius 1 is 1.50 bits per heavy atom. The fraction of sp³-hybridized carbons (Fsp3) is 0.250. The molecular formula is C12H15NO. The van der Waals surface area contributed by atoms with Crippen LogP contribution in [0.2, 0.25) is 0 Å². The zero-order chi connectivity index (χ0) is 10.7. The van der Waals surface area contributed by atoms with Gasteiger partial charge < -0.3 is 5.73 Å². The van der Waals surface area contributed by atoms with Gasteiger partial charge in [-0.25, -0.2) is 0 Å². The highest BCUT2D eigenvalue weighted by atomic mass is 16.1. The summed E-state index contributed by atoms with van der Waals surface area (Å²) in [6.45, 7) is 7.47. The fourth-order valence-corrected chi connectivity index (χ4v) is 1.19. The molecule has 1 aromatic rings. The Balaban J connectivity index is 2.91. The number of benzene rings is 1. The topological polar surface area (TPSA) is 43.1 Å². The summed E-state index contributed by atoms with van der Waals surface area (Å²) in [5, 5.41) is 0. The van der Waals surface area contributed by atoms with Gasteiger partial charge >= 0.3 is 0 Å². The first-order valence-corrected chi connectivity index (χ1v) is 4.54. The van der Waals surface area contributed by atoms with Gasteiger partial charge in [0.15, 0.2) is 5.78 Å². The van der Waals surface area contributed by atoms with Crippen molar-refractivity contribution >= 4 is 11.5 Å². The third kappa shape index (κ3) is 2.46.